The number of ether oxygens (including phenoxy) is 1. The van der Waals surface area contributed by atoms with Gasteiger partial charge in [0.05, 0.1) is 6.54 Å². The minimum Gasteiger partial charge on any atom is -0.459 e. The Morgan fingerprint density at radius 1 is 1.32 bits per heavy atom. The van der Waals surface area contributed by atoms with Gasteiger partial charge in [0, 0.05) is 6.04 Å². The lowest BCUT2D eigenvalue weighted by Crippen LogP contribution is -2.34. The largest absolute Gasteiger partial charge is 0.459 e. The molecule has 0 amide bonds. The third kappa shape index (κ3) is 4.06. The zero-order valence-corrected chi connectivity index (χ0v) is 12.1. The number of carbonyl (C=O) groups excluding carboxylic acids is 1. The normalized spacial score (nSPS) is 20.5. The van der Waals surface area contributed by atoms with Gasteiger partial charge in [-0.2, -0.15) is 0 Å². The van der Waals surface area contributed by atoms with E-state index in [1.165, 1.54) is 5.56 Å². The molecule has 1 heterocycles. The smallest absolute Gasteiger partial charge is 0.320 e. The van der Waals surface area contributed by atoms with Gasteiger partial charge in [-0.05, 0) is 45.7 Å². The lowest BCUT2D eigenvalue weighted by atomic mass is 10.0. The molecule has 0 aliphatic carbocycles. The average Bonchev–Trinajstić information content (AvgIpc) is 2.75. The van der Waals surface area contributed by atoms with Crippen LogP contribution in [0.5, 0.6) is 0 Å². The molecule has 0 radical (unpaired) electrons. The van der Waals surface area contributed by atoms with Crippen molar-refractivity contribution in [2.24, 2.45) is 0 Å². The van der Waals surface area contributed by atoms with Gasteiger partial charge in [0.25, 0.3) is 0 Å². The zero-order valence-electron chi connectivity index (χ0n) is 12.1. The van der Waals surface area contributed by atoms with Crippen molar-refractivity contribution in [3.8, 4) is 0 Å². The van der Waals surface area contributed by atoms with E-state index in [0.717, 1.165) is 19.4 Å². The van der Waals surface area contributed by atoms with E-state index in [1.807, 2.05) is 26.8 Å². The molecule has 0 N–H and O–H groups in total. The highest BCUT2D eigenvalue weighted by Crippen LogP contribution is 2.31. The van der Waals surface area contributed by atoms with E-state index in [1.54, 1.807) is 0 Å². The van der Waals surface area contributed by atoms with Gasteiger partial charge in [-0.1, -0.05) is 30.3 Å². The van der Waals surface area contributed by atoms with E-state index in [2.05, 4.69) is 29.2 Å². The van der Waals surface area contributed by atoms with Crippen LogP contribution in [0.3, 0.4) is 0 Å². The van der Waals surface area contributed by atoms with Crippen LogP contribution in [0.25, 0.3) is 0 Å². The SMILES string of the molecule is CC(C)(C)OC(=O)CN1CCCC1c1ccccc1. The molecule has 1 aliphatic heterocycles. The molecule has 1 aromatic rings. The quantitative estimate of drug-likeness (QED) is 0.783. The number of benzene rings is 1. The Bertz CT molecular complexity index is 422. The van der Waals surface area contributed by atoms with Crippen LogP contribution in [0.2, 0.25) is 0 Å². The fourth-order valence-corrected chi connectivity index (χ4v) is 2.61. The van der Waals surface area contributed by atoms with Crippen molar-refractivity contribution in [3.63, 3.8) is 0 Å². The van der Waals surface area contributed by atoms with Crippen molar-refractivity contribution >= 4 is 5.97 Å². The molecule has 19 heavy (non-hydrogen) atoms. The van der Waals surface area contributed by atoms with E-state index in [9.17, 15) is 4.79 Å². The first kappa shape index (κ1) is 14.1. The fourth-order valence-electron chi connectivity index (χ4n) is 2.61. The molecule has 1 fully saturated rings. The van der Waals surface area contributed by atoms with Crippen molar-refractivity contribution in [2.45, 2.75) is 45.3 Å². The monoisotopic (exact) mass is 261 g/mol. The molecule has 0 aromatic heterocycles. The van der Waals surface area contributed by atoms with Gasteiger partial charge in [-0.15, -0.1) is 0 Å². The maximum Gasteiger partial charge on any atom is 0.320 e. The summed E-state index contributed by atoms with van der Waals surface area (Å²) in [5.74, 6) is -0.129. The molecular weight excluding hydrogens is 238 g/mol. The summed E-state index contributed by atoms with van der Waals surface area (Å²) in [7, 11) is 0. The van der Waals surface area contributed by atoms with Gasteiger partial charge in [0.2, 0.25) is 0 Å². The second kappa shape index (κ2) is 5.74. The molecule has 104 valence electrons. The number of hydrogen-bond acceptors (Lipinski definition) is 3. The minimum absolute atomic E-state index is 0.129. The Kier molecular flexibility index (Phi) is 4.25. The summed E-state index contributed by atoms with van der Waals surface area (Å²) in [4.78, 5) is 14.2. The molecule has 0 spiro atoms. The summed E-state index contributed by atoms with van der Waals surface area (Å²) in [5.41, 5.74) is 0.891. The first-order chi connectivity index (χ1) is 8.96. The summed E-state index contributed by atoms with van der Waals surface area (Å²) < 4.78 is 5.40. The highest BCUT2D eigenvalue weighted by atomic mass is 16.6. The number of likely N-dealkylation sites (tertiary alicyclic amines) is 1. The first-order valence-electron chi connectivity index (χ1n) is 6.96. The molecular formula is C16H23NO2. The maximum absolute atomic E-state index is 11.9. The lowest BCUT2D eigenvalue weighted by molar-refractivity contribution is -0.156. The summed E-state index contributed by atoms with van der Waals surface area (Å²) in [6.45, 7) is 7.08. The molecule has 2 rings (SSSR count). The fraction of sp³-hybridized carbons (Fsp3) is 0.562. The van der Waals surface area contributed by atoms with Gasteiger partial charge in [-0.3, -0.25) is 9.69 Å². The zero-order chi connectivity index (χ0) is 13.9. The summed E-state index contributed by atoms with van der Waals surface area (Å²) >= 11 is 0. The number of carbonyl (C=O) groups is 1. The number of nitrogens with zero attached hydrogens (tertiary/aromatic N) is 1. The van der Waals surface area contributed by atoms with Gasteiger partial charge in [-0.25, -0.2) is 0 Å². The van der Waals surface area contributed by atoms with Crippen molar-refractivity contribution in [2.75, 3.05) is 13.1 Å². The van der Waals surface area contributed by atoms with Gasteiger partial charge in [0.15, 0.2) is 0 Å². The number of hydrogen-bond donors (Lipinski definition) is 0. The van der Waals surface area contributed by atoms with E-state index >= 15 is 0 Å². The van der Waals surface area contributed by atoms with Crippen molar-refractivity contribution in [3.05, 3.63) is 35.9 Å². The van der Waals surface area contributed by atoms with Crippen LogP contribution in [-0.2, 0) is 9.53 Å². The predicted molar refractivity (Wildman–Crippen MR) is 75.8 cm³/mol. The van der Waals surface area contributed by atoms with Crippen molar-refractivity contribution in [1.82, 2.24) is 4.90 Å². The van der Waals surface area contributed by atoms with E-state index < -0.39 is 5.60 Å². The van der Waals surface area contributed by atoms with Gasteiger partial charge in [0.1, 0.15) is 5.60 Å². The van der Waals surface area contributed by atoms with Crippen LogP contribution in [0.15, 0.2) is 30.3 Å². The highest BCUT2D eigenvalue weighted by molar-refractivity contribution is 5.72. The minimum atomic E-state index is -0.404. The Morgan fingerprint density at radius 2 is 2.00 bits per heavy atom. The van der Waals surface area contributed by atoms with Gasteiger partial charge >= 0.3 is 5.97 Å². The van der Waals surface area contributed by atoms with Crippen LogP contribution < -0.4 is 0 Å². The predicted octanol–water partition coefficient (Wildman–Crippen LogP) is 3.17. The Balaban J connectivity index is 1.98. The second-order valence-electron chi connectivity index (χ2n) is 6.13. The van der Waals surface area contributed by atoms with Crippen LogP contribution in [0.1, 0.15) is 45.2 Å². The second-order valence-corrected chi connectivity index (χ2v) is 6.13. The van der Waals surface area contributed by atoms with E-state index in [-0.39, 0.29) is 5.97 Å². The lowest BCUT2D eigenvalue weighted by Gasteiger charge is -2.26. The Hall–Kier alpha value is -1.35. The van der Waals surface area contributed by atoms with Crippen LogP contribution in [0.4, 0.5) is 0 Å². The molecule has 1 atom stereocenters. The average molecular weight is 261 g/mol. The molecule has 1 aromatic carbocycles. The first-order valence-corrected chi connectivity index (χ1v) is 6.96. The third-order valence-electron chi connectivity index (χ3n) is 3.30. The number of rotatable bonds is 3. The molecule has 3 nitrogen and oxygen atoms in total. The van der Waals surface area contributed by atoms with Crippen LogP contribution in [0, 0.1) is 0 Å². The van der Waals surface area contributed by atoms with Crippen LogP contribution in [-0.4, -0.2) is 29.6 Å². The summed E-state index contributed by atoms with van der Waals surface area (Å²) in [5, 5.41) is 0. The van der Waals surface area contributed by atoms with Crippen molar-refractivity contribution < 1.29 is 9.53 Å². The molecule has 1 aliphatic rings. The third-order valence-corrected chi connectivity index (χ3v) is 3.30. The summed E-state index contributed by atoms with van der Waals surface area (Å²) in [6.07, 6.45) is 2.26. The van der Waals surface area contributed by atoms with Crippen molar-refractivity contribution in [1.29, 1.82) is 0 Å². The van der Waals surface area contributed by atoms with Gasteiger partial charge < -0.3 is 4.74 Å². The molecule has 0 bridgehead atoms. The summed E-state index contributed by atoms with van der Waals surface area (Å²) in [6, 6.07) is 10.8. The Morgan fingerprint density at radius 3 is 2.63 bits per heavy atom. The Labute approximate surface area is 115 Å². The van der Waals surface area contributed by atoms with E-state index in [4.69, 9.17) is 4.74 Å². The standard InChI is InChI=1S/C16H23NO2/c1-16(2,3)19-15(18)12-17-11-7-10-14(17)13-8-5-4-6-9-13/h4-6,8-9,14H,7,10-12H2,1-3H3. The van der Waals surface area contributed by atoms with E-state index in [0.29, 0.717) is 12.6 Å². The van der Waals surface area contributed by atoms with Crippen LogP contribution >= 0.6 is 0 Å². The molecule has 3 heteroatoms. The molecule has 1 saturated heterocycles. The molecule has 1 unspecified atom stereocenters. The maximum atomic E-state index is 11.9. The number of esters is 1. The molecule has 0 saturated carbocycles. The highest BCUT2D eigenvalue weighted by Gasteiger charge is 2.29. The topological polar surface area (TPSA) is 29.5 Å².